The summed E-state index contributed by atoms with van der Waals surface area (Å²) in [6, 6.07) is 0. The maximum absolute atomic E-state index is 6.02. The molecule has 0 spiro atoms. The van der Waals surface area contributed by atoms with Gasteiger partial charge in [-0.15, -0.1) is 11.3 Å². The molecule has 0 bridgehead atoms. The van der Waals surface area contributed by atoms with Crippen LogP contribution >= 0.6 is 11.3 Å². The van der Waals surface area contributed by atoms with Crippen molar-refractivity contribution in [2.75, 3.05) is 6.54 Å². The topological polar surface area (TPSA) is 51.3 Å². The molecule has 0 amide bonds. The SMILES string of the molecule is NC(=NCCc1nccs1)C1CCCCC1. The molecule has 0 saturated heterocycles. The van der Waals surface area contributed by atoms with E-state index in [0.717, 1.165) is 23.8 Å². The Labute approximate surface area is 101 Å². The lowest BCUT2D eigenvalue weighted by molar-refractivity contribution is 0.436. The third-order valence-corrected chi connectivity index (χ3v) is 3.97. The number of nitrogens with zero attached hydrogens (tertiary/aromatic N) is 2. The molecular weight excluding hydrogens is 218 g/mol. The third-order valence-electron chi connectivity index (χ3n) is 3.13. The van der Waals surface area contributed by atoms with Crippen molar-refractivity contribution >= 4 is 17.2 Å². The minimum absolute atomic E-state index is 0.546. The second kappa shape index (κ2) is 5.99. The molecule has 1 heterocycles. The largest absolute Gasteiger partial charge is 0.387 e. The molecule has 0 aliphatic heterocycles. The van der Waals surface area contributed by atoms with Crippen molar-refractivity contribution in [2.24, 2.45) is 16.6 Å². The van der Waals surface area contributed by atoms with Crippen LogP contribution in [0.1, 0.15) is 37.1 Å². The maximum Gasteiger partial charge on any atom is 0.0968 e. The average molecular weight is 237 g/mol. The van der Waals surface area contributed by atoms with E-state index in [9.17, 15) is 0 Å². The molecule has 0 aromatic carbocycles. The van der Waals surface area contributed by atoms with Crippen LogP contribution < -0.4 is 5.73 Å². The molecule has 16 heavy (non-hydrogen) atoms. The van der Waals surface area contributed by atoms with Crippen LogP contribution in [0, 0.1) is 5.92 Å². The van der Waals surface area contributed by atoms with Gasteiger partial charge in [-0.2, -0.15) is 0 Å². The van der Waals surface area contributed by atoms with Gasteiger partial charge in [0.05, 0.1) is 10.8 Å². The summed E-state index contributed by atoms with van der Waals surface area (Å²) in [7, 11) is 0. The smallest absolute Gasteiger partial charge is 0.0968 e. The van der Waals surface area contributed by atoms with Crippen molar-refractivity contribution < 1.29 is 0 Å². The van der Waals surface area contributed by atoms with Gasteiger partial charge in [-0.3, -0.25) is 4.99 Å². The molecule has 0 unspecified atom stereocenters. The molecule has 3 nitrogen and oxygen atoms in total. The summed E-state index contributed by atoms with van der Waals surface area (Å²) in [5.41, 5.74) is 6.02. The van der Waals surface area contributed by atoms with Gasteiger partial charge in [-0.1, -0.05) is 19.3 Å². The van der Waals surface area contributed by atoms with E-state index >= 15 is 0 Å². The van der Waals surface area contributed by atoms with Crippen molar-refractivity contribution in [2.45, 2.75) is 38.5 Å². The van der Waals surface area contributed by atoms with Gasteiger partial charge < -0.3 is 5.73 Å². The Morgan fingerprint density at radius 1 is 1.44 bits per heavy atom. The predicted octanol–water partition coefficient (Wildman–Crippen LogP) is 2.62. The molecule has 0 atom stereocenters. The van der Waals surface area contributed by atoms with Gasteiger partial charge >= 0.3 is 0 Å². The zero-order valence-electron chi connectivity index (χ0n) is 9.56. The van der Waals surface area contributed by atoms with E-state index in [1.54, 1.807) is 11.3 Å². The van der Waals surface area contributed by atoms with E-state index in [2.05, 4.69) is 9.98 Å². The lowest BCUT2D eigenvalue weighted by Crippen LogP contribution is -2.26. The Bertz CT molecular complexity index is 326. The number of aromatic nitrogens is 1. The molecule has 1 aliphatic carbocycles. The van der Waals surface area contributed by atoms with Gasteiger partial charge in [0.2, 0.25) is 0 Å². The van der Waals surface area contributed by atoms with E-state index in [1.165, 1.54) is 32.1 Å². The molecule has 1 aliphatic rings. The molecular formula is C12H19N3S. The first-order valence-corrected chi connectivity index (χ1v) is 6.92. The Balaban J connectivity index is 1.77. The van der Waals surface area contributed by atoms with Crippen molar-refractivity contribution in [3.8, 4) is 0 Å². The zero-order valence-corrected chi connectivity index (χ0v) is 10.4. The van der Waals surface area contributed by atoms with Crippen LogP contribution in [0.15, 0.2) is 16.6 Å². The molecule has 2 rings (SSSR count). The number of rotatable bonds is 4. The number of nitrogens with two attached hydrogens (primary N) is 1. The summed E-state index contributed by atoms with van der Waals surface area (Å²) in [4.78, 5) is 8.72. The van der Waals surface area contributed by atoms with Crippen LogP contribution in [0.4, 0.5) is 0 Å². The van der Waals surface area contributed by atoms with E-state index in [0.29, 0.717) is 5.92 Å². The summed E-state index contributed by atoms with van der Waals surface area (Å²) >= 11 is 1.69. The van der Waals surface area contributed by atoms with Gasteiger partial charge in [0.1, 0.15) is 0 Å². The summed E-state index contributed by atoms with van der Waals surface area (Å²) in [5.74, 6) is 1.42. The van der Waals surface area contributed by atoms with Crippen molar-refractivity contribution in [3.05, 3.63) is 16.6 Å². The molecule has 1 fully saturated rings. The number of hydrogen-bond acceptors (Lipinski definition) is 3. The standard InChI is InChI=1S/C12H19N3S/c13-12(10-4-2-1-3-5-10)15-7-6-11-14-8-9-16-11/h8-10H,1-7H2,(H2,13,15). The first-order chi connectivity index (χ1) is 7.86. The summed E-state index contributed by atoms with van der Waals surface area (Å²) in [5, 5.41) is 3.16. The number of hydrogen-bond donors (Lipinski definition) is 1. The lowest BCUT2D eigenvalue weighted by atomic mass is 9.88. The van der Waals surface area contributed by atoms with Crippen molar-refractivity contribution in [1.29, 1.82) is 0 Å². The van der Waals surface area contributed by atoms with Gasteiger partial charge in [0.25, 0.3) is 0 Å². The summed E-state index contributed by atoms with van der Waals surface area (Å²) in [6.45, 7) is 0.788. The second-order valence-electron chi connectivity index (χ2n) is 4.32. The Morgan fingerprint density at radius 3 is 2.94 bits per heavy atom. The first kappa shape index (κ1) is 11.6. The molecule has 2 N–H and O–H groups in total. The van der Waals surface area contributed by atoms with E-state index in [4.69, 9.17) is 5.73 Å². The minimum atomic E-state index is 0.546. The summed E-state index contributed by atoms with van der Waals surface area (Å²) in [6.07, 6.45) is 9.21. The van der Waals surface area contributed by atoms with Crippen LogP contribution in [0.5, 0.6) is 0 Å². The second-order valence-corrected chi connectivity index (χ2v) is 5.30. The van der Waals surface area contributed by atoms with Crippen LogP contribution in [0.25, 0.3) is 0 Å². The van der Waals surface area contributed by atoms with Crippen molar-refractivity contribution in [1.82, 2.24) is 4.98 Å². The molecule has 1 aromatic heterocycles. The fourth-order valence-electron chi connectivity index (χ4n) is 2.18. The monoisotopic (exact) mass is 237 g/mol. The highest BCUT2D eigenvalue weighted by molar-refractivity contribution is 7.09. The Kier molecular flexibility index (Phi) is 4.34. The molecule has 88 valence electrons. The van der Waals surface area contributed by atoms with Crippen LogP contribution in [-0.2, 0) is 6.42 Å². The van der Waals surface area contributed by atoms with E-state index < -0.39 is 0 Å². The van der Waals surface area contributed by atoms with Crippen LogP contribution in [0.2, 0.25) is 0 Å². The highest BCUT2D eigenvalue weighted by Gasteiger charge is 2.16. The van der Waals surface area contributed by atoms with Gasteiger partial charge in [-0.05, 0) is 12.8 Å². The van der Waals surface area contributed by atoms with Gasteiger partial charge in [0.15, 0.2) is 0 Å². The minimum Gasteiger partial charge on any atom is -0.387 e. The zero-order chi connectivity index (χ0) is 11.2. The molecule has 4 heteroatoms. The number of aliphatic imine (C=N–C) groups is 1. The predicted molar refractivity (Wildman–Crippen MR) is 68.9 cm³/mol. The van der Waals surface area contributed by atoms with Gasteiger partial charge in [0, 0.05) is 30.5 Å². The fraction of sp³-hybridized carbons (Fsp3) is 0.667. The average Bonchev–Trinajstić information content (AvgIpc) is 2.83. The van der Waals surface area contributed by atoms with Gasteiger partial charge in [-0.25, -0.2) is 4.98 Å². The number of amidine groups is 1. The first-order valence-electron chi connectivity index (χ1n) is 6.04. The normalized spacial score (nSPS) is 18.9. The third kappa shape index (κ3) is 3.30. The molecule has 0 radical (unpaired) electrons. The Hall–Kier alpha value is -0.900. The highest BCUT2D eigenvalue weighted by Crippen LogP contribution is 2.23. The Morgan fingerprint density at radius 2 is 2.25 bits per heavy atom. The number of thiazole rings is 1. The lowest BCUT2D eigenvalue weighted by Gasteiger charge is -2.20. The van der Waals surface area contributed by atoms with Crippen LogP contribution in [0.3, 0.4) is 0 Å². The van der Waals surface area contributed by atoms with E-state index in [-0.39, 0.29) is 0 Å². The molecule has 1 saturated carbocycles. The van der Waals surface area contributed by atoms with Crippen LogP contribution in [-0.4, -0.2) is 17.4 Å². The highest BCUT2D eigenvalue weighted by atomic mass is 32.1. The van der Waals surface area contributed by atoms with Crippen molar-refractivity contribution in [3.63, 3.8) is 0 Å². The summed E-state index contributed by atoms with van der Waals surface area (Å²) < 4.78 is 0. The molecule has 1 aromatic rings. The maximum atomic E-state index is 6.02. The fourth-order valence-corrected chi connectivity index (χ4v) is 2.79. The van der Waals surface area contributed by atoms with E-state index in [1.807, 2.05) is 11.6 Å². The quantitative estimate of drug-likeness (QED) is 0.646.